The predicted molar refractivity (Wildman–Crippen MR) is 79.0 cm³/mol. The van der Waals surface area contributed by atoms with E-state index in [9.17, 15) is 4.79 Å². The molecule has 20 heavy (non-hydrogen) atoms. The topological polar surface area (TPSA) is 57.8 Å². The number of H-pyrrole nitrogens is 1. The molecule has 0 saturated carbocycles. The highest BCUT2D eigenvalue weighted by molar-refractivity contribution is 6.34. The Balaban J connectivity index is 1.85. The Hall–Kier alpha value is -2.88. The lowest BCUT2D eigenvalue weighted by Crippen LogP contribution is -2.03. The summed E-state index contributed by atoms with van der Waals surface area (Å²) in [4.78, 5) is 19.5. The van der Waals surface area contributed by atoms with Crippen molar-refractivity contribution in [3.05, 3.63) is 59.9 Å². The van der Waals surface area contributed by atoms with Crippen LogP contribution in [0.3, 0.4) is 0 Å². The number of nitrogens with one attached hydrogen (secondary N) is 2. The minimum absolute atomic E-state index is 0.0715. The number of anilines is 1. The normalized spacial score (nSPS) is 15.6. The maximum Gasteiger partial charge on any atom is 0.256 e. The van der Waals surface area contributed by atoms with Gasteiger partial charge in [0.1, 0.15) is 5.65 Å². The number of amides is 1. The highest BCUT2D eigenvalue weighted by Crippen LogP contribution is 2.32. The summed E-state index contributed by atoms with van der Waals surface area (Å²) >= 11 is 0. The van der Waals surface area contributed by atoms with Crippen LogP contribution in [0.4, 0.5) is 5.69 Å². The van der Waals surface area contributed by atoms with Crippen LogP contribution in [-0.4, -0.2) is 15.9 Å². The molecule has 0 saturated heterocycles. The minimum Gasteiger partial charge on any atom is -0.340 e. The molecule has 0 spiro atoms. The van der Waals surface area contributed by atoms with Gasteiger partial charge in [0.2, 0.25) is 0 Å². The third kappa shape index (κ3) is 1.62. The van der Waals surface area contributed by atoms with Gasteiger partial charge in [-0.3, -0.25) is 4.79 Å². The molecule has 0 atom stereocenters. The van der Waals surface area contributed by atoms with Crippen molar-refractivity contribution in [3.8, 4) is 0 Å². The molecule has 2 N–H and O–H groups in total. The monoisotopic (exact) mass is 261 g/mol. The highest BCUT2D eigenvalue weighted by atomic mass is 16.2. The number of para-hydroxylation sites is 1. The Morgan fingerprint density at radius 3 is 2.90 bits per heavy atom. The van der Waals surface area contributed by atoms with E-state index >= 15 is 0 Å². The van der Waals surface area contributed by atoms with Crippen molar-refractivity contribution in [1.82, 2.24) is 9.97 Å². The molecule has 1 amide bonds. The third-order valence-electron chi connectivity index (χ3n) is 3.42. The average Bonchev–Trinajstić information content (AvgIpc) is 3.00. The van der Waals surface area contributed by atoms with E-state index in [-0.39, 0.29) is 5.91 Å². The fourth-order valence-corrected chi connectivity index (χ4v) is 2.49. The SMILES string of the molecule is O=C1Nc2ccccc2C1=Cc1cc2cccnc2[nH]1. The van der Waals surface area contributed by atoms with E-state index < -0.39 is 0 Å². The molecule has 0 aliphatic carbocycles. The molecule has 1 aliphatic rings. The second kappa shape index (κ2) is 4.06. The smallest absolute Gasteiger partial charge is 0.256 e. The molecule has 3 aromatic rings. The van der Waals surface area contributed by atoms with Gasteiger partial charge in [0.05, 0.1) is 5.57 Å². The molecule has 0 unspecified atom stereocenters. The molecule has 4 nitrogen and oxygen atoms in total. The van der Waals surface area contributed by atoms with Gasteiger partial charge in [-0.1, -0.05) is 18.2 Å². The van der Waals surface area contributed by atoms with E-state index in [4.69, 9.17) is 0 Å². The van der Waals surface area contributed by atoms with Gasteiger partial charge < -0.3 is 10.3 Å². The van der Waals surface area contributed by atoms with Crippen molar-refractivity contribution in [2.45, 2.75) is 0 Å². The molecule has 0 bridgehead atoms. The van der Waals surface area contributed by atoms with Crippen molar-refractivity contribution in [1.29, 1.82) is 0 Å². The first-order valence-electron chi connectivity index (χ1n) is 6.37. The van der Waals surface area contributed by atoms with E-state index in [0.29, 0.717) is 5.57 Å². The second-order valence-corrected chi connectivity index (χ2v) is 4.72. The summed E-state index contributed by atoms with van der Waals surface area (Å²) in [7, 11) is 0. The van der Waals surface area contributed by atoms with Crippen LogP contribution in [0.15, 0.2) is 48.7 Å². The molecule has 4 rings (SSSR count). The minimum atomic E-state index is -0.0715. The van der Waals surface area contributed by atoms with Gasteiger partial charge in [-0.05, 0) is 30.3 Å². The van der Waals surface area contributed by atoms with Gasteiger partial charge in [0, 0.05) is 28.5 Å². The first-order valence-corrected chi connectivity index (χ1v) is 6.37. The summed E-state index contributed by atoms with van der Waals surface area (Å²) in [5, 5.41) is 3.90. The van der Waals surface area contributed by atoms with E-state index in [0.717, 1.165) is 28.0 Å². The molecule has 2 aromatic heterocycles. The Morgan fingerprint density at radius 1 is 1.10 bits per heavy atom. The van der Waals surface area contributed by atoms with Crippen molar-refractivity contribution < 1.29 is 4.79 Å². The zero-order valence-corrected chi connectivity index (χ0v) is 10.6. The van der Waals surface area contributed by atoms with Crippen LogP contribution >= 0.6 is 0 Å². The lowest BCUT2D eigenvalue weighted by Gasteiger charge is -1.96. The second-order valence-electron chi connectivity index (χ2n) is 4.72. The largest absolute Gasteiger partial charge is 0.340 e. The van der Waals surface area contributed by atoms with Crippen molar-refractivity contribution >= 4 is 34.3 Å². The summed E-state index contributed by atoms with van der Waals surface area (Å²) in [5.74, 6) is -0.0715. The molecule has 96 valence electrons. The Labute approximate surface area is 115 Å². The third-order valence-corrected chi connectivity index (χ3v) is 3.42. The number of nitrogens with zero attached hydrogens (tertiary/aromatic N) is 1. The standard InChI is InChI=1S/C16H11N3O/c20-16-13(12-5-1-2-6-14(12)19-16)9-11-8-10-4-3-7-17-15(10)18-11/h1-9H,(H,17,18)(H,19,20). The van der Waals surface area contributed by atoms with E-state index in [2.05, 4.69) is 15.3 Å². The molecule has 0 radical (unpaired) electrons. The fraction of sp³-hybridized carbons (Fsp3) is 0. The van der Waals surface area contributed by atoms with E-state index in [1.165, 1.54) is 0 Å². The van der Waals surface area contributed by atoms with Crippen LogP contribution in [0.5, 0.6) is 0 Å². The van der Waals surface area contributed by atoms with Gasteiger partial charge in [0.15, 0.2) is 0 Å². The van der Waals surface area contributed by atoms with Gasteiger partial charge in [-0.15, -0.1) is 0 Å². The van der Waals surface area contributed by atoms with E-state index in [1.807, 2.05) is 48.5 Å². The number of hydrogen-bond acceptors (Lipinski definition) is 2. The molecule has 4 heteroatoms. The number of carbonyl (C=O) groups is 1. The molecule has 0 fully saturated rings. The average molecular weight is 261 g/mol. The first-order chi connectivity index (χ1) is 9.81. The maximum atomic E-state index is 12.0. The predicted octanol–water partition coefficient (Wildman–Crippen LogP) is 3.06. The van der Waals surface area contributed by atoms with Gasteiger partial charge >= 0.3 is 0 Å². The van der Waals surface area contributed by atoms with Crippen LogP contribution in [-0.2, 0) is 4.79 Å². The fourth-order valence-electron chi connectivity index (χ4n) is 2.49. The molecular weight excluding hydrogens is 250 g/mol. The summed E-state index contributed by atoms with van der Waals surface area (Å²) in [5.41, 5.74) is 4.17. The summed E-state index contributed by atoms with van der Waals surface area (Å²) in [6, 6.07) is 13.6. The van der Waals surface area contributed by atoms with E-state index in [1.54, 1.807) is 6.20 Å². The lowest BCUT2D eigenvalue weighted by atomic mass is 10.1. The lowest BCUT2D eigenvalue weighted by molar-refractivity contribution is -0.110. The van der Waals surface area contributed by atoms with Crippen LogP contribution < -0.4 is 5.32 Å². The number of carbonyl (C=O) groups excluding carboxylic acids is 1. The van der Waals surface area contributed by atoms with Gasteiger partial charge in [0.25, 0.3) is 5.91 Å². The zero-order valence-electron chi connectivity index (χ0n) is 10.6. The van der Waals surface area contributed by atoms with Crippen molar-refractivity contribution in [2.75, 3.05) is 5.32 Å². The number of aromatic amines is 1. The van der Waals surface area contributed by atoms with Crippen LogP contribution in [0.2, 0.25) is 0 Å². The summed E-state index contributed by atoms with van der Waals surface area (Å²) in [6.07, 6.45) is 3.61. The number of benzene rings is 1. The van der Waals surface area contributed by atoms with Gasteiger partial charge in [-0.2, -0.15) is 0 Å². The number of rotatable bonds is 1. The molecular formula is C16H11N3O. The van der Waals surface area contributed by atoms with Crippen LogP contribution in [0.1, 0.15) is 11.3 Å². The quantitative estimate of drug-likeness (QED) is 0.661. The number of aromatic nitrogens is 2. The zero-order chi connectivity index (χ0) is 13.5. The van der Waals surface area contributed by atoms with Crippen LogP contribution in [0.25, 0.3) is 22.7 Å². The maximum absolute atomic E-state index is 12.0. The Morgan fingerprint density at radius 2 is 2.00 bits per heavy atom. The summed E-state index contributed by atoms with van der Waals surface area (Å²) < 4.78 is 0. The highest BCUT2D eigenvalue weighted by Gasteiger charge is 2.23. The molecule has 3 heterocycles. The number of hydrogen-bond donors (Lipinski definition) is 2. The van der Waals surface area contributed by atoms with Gasteiger partial charge in [-0.25, -0.2) is 4.98 Å². The number of fused-ring (bicyclic) bond motifs is 2. The van der Waals surface area contributed by atoms with Crippen LogP contribution in [0, 0.1) is 0 Å². The van der Waals surface area contributed by atoms with Crippen molar-refractivity contribution in [3.63, 3.8) is 0 Å². The first kappa shape index (κ1) is 11.0. The molecule has 1 aromatic carbocycles. The Kier molecular flexibility index (Phi) is 2.23. The Bertz CT molecular complexity index is 828. The number of pyridine rings is 1. The summed E-state index contributed by atoms with van der Waals surface area (Å²) in [6.45, 7) is 0. The molecule has 1 aliphatic heterocycles. The van der Waals surface area contributed by atoms with Crippen molar-refractivity contribution in [2.24, 2.45) is 0 Å².